The molecule has 2 heterocycles. The van der Waals surface area contributed by atoms with E-state index < -0.39 is 0 Å². The van der Waals surface area contributed by atoms with E-state index in [0.717, 1.165) is 36.0 Å². The molecule has 2 aliphatic rings. The summed E-state index contributed by atoms with van der Waals surface area (Å²) < 4.78 is 5.78. The van der Waals surface area contributed by atoms with Crippen molar-refractivity contribution in [3.8, 4) is 5.75 Å². The normalized spacial score (nSPS) is 28.9. The first kappa shape index (κ1) is 14.2. The minimum Gasteiger partial charge on any atom is -0.492 e. The molecule has 1 aromatic rings. The van der Waals surface area contributed by atoms with Crippen LogP contribution in [0.1, 0.15) is 25.7 Å². The number of ether oxygens (including phenoxy) is 1. The highest BCUT2D eigenvalue weighted by Gasteiger charge is 2.34. The number of hydrogen-bond donors (Lipinski definition) is 1. The molecule has 110 valence electrons. The average molecular weight is 295 g/mol. The highest BCUT2D eigenvalue weighted by molar-refractivity contribution is 6.30. The second kappa shape index (κ2) is 6.33. The molecule has 3 nitrogen and oxygen atoms in total. The lowest BCUT2D eigenvalue weighted by Crippen LogP contribution is -2.47. The number of rotatable bonds is 5. The number of benzene rings is 1. The summed E-state index contributed by atoms with van der Waals surface area (Å²) in [7, 11) is 2.22. The van der Waals surface area contributed by atoms with Gasteiger partial charge in [-0.3, -0.25) is 4.90 Å². The number of hydrogen-bond acceptors (Lipinski definition) is 3. The third-order valence-electron chi connectivity index (χ3n) is 4.58. The lowest BCUT2D eigenvalue weighted by atomic mass is 9.99. The third-order valence-corrected chi connectivity index (χ3v) is 4.82. The number of halogens is 1. The van der Waals surface area contributed by atoms with Crippen LogP contribution in [-0.4, -0.2) is 43.2 Å². The second-order valence-electron chi connectivity index (χ2n) is 6.05. The fourth-order valence-corrected chi connectivity index (χ4v) is 3.61. The van der Waals surface area contributed by atoms with Gasteiger partial charge in [-0.25, -0.2) is 0 Å². The van der Waals surface area contributed by atoms with Gasteiger partial charge in [0.1, 0.15) is 12.4 Å². The molecule has 0 aromatic heterocycles. The smallest absolute Gasteiger partial charge is 0.120 e. The molecule has 1 N–H and O–H groups in total. The predicted molar refractivity (Wildman–Crippen MR) is 82.5 cm³/mol. The molecule has 4 heteroatoms. The molecular weight excluding hydrogens is 272 g/mol. The molecule has 0 radical (unpaired) electrons. The van der Waals surface area contributed by atoms with Gasteiger partial charge in [-0.1, -0.05) is 17.7 Å². The SMILES string of the molecule is CN(CCOc1cccc(Cl)c1)C1CC2CCC(C1)N2. The number of likely N-dealkylation sites (N-methyl/N-ethyl adjacent to an activating group) is 1. The zero-order chi connectivity index (χ0) is 13.9. The van der Waals surface area contributed by atoms with Gasteiger partial charge in [0.2, 0.25) is 0 Å². The highest BCUT2D eigenvalue weighted by Crippen LogP contribution is 2.29. The lowest BCUT2D eigenvalue weighted by Gasteiger charge is -2.35. The molecule has 3 rings (SSSR count). The first-order valence-corrected chi connectivity index (χ1v) is 7.93. The van der Waals surface area contributed by atoms with Gasteiger partial charge >= 0.3 is 0 Å². The summed E-state index contributed by atoms with van der Waals surface area (Å²) in [5.74, 6) is 0.858. The van der Waals surface area contributed by atoms with Crippen molar-refractivity contribution in [2.75, 3.05) is 20.2 Å². The van der Waals surface area contributed by atoms with Gasteiger partial charge in [-0.2, -0.15) is 0 Å². The van der Waals surface area contributed by atoms with Crippen LogP contribution in [0.15, 0.2) is 24.3 Å². The molecule has 0 amide bonds. The van der Waals surface area contributed by atoms with E-state index in [2.05, 4.69) is 17.3 Å². The topological polar surface area (TPSA) is 24.5 Å². The molecule has 1 aromatic carbocycles. The van der Waals surface area contributed by atoms with Crippen LogP contribution < -0.4 is 10.1 Å². The van der Waals surface area contributed by atoms with Gasteiger partial charge in [-0.05, 0) is 50.9 Å². The van der Waals surface area contributed by atoms with Crippen molar-refractivity contribution in [3.05, 3.63) is 29.3 Å². The maximum Gasteiger partial charge on any atom is 0.120 e. The van der Waals surface area contributed by atoms with E-state index >= 15 is 0 Å². The summed E-state index contributed by atoms with van der Waals surface area (Å²) in [4.78, 5) is 2.46. The van der Waals surface area contributed by atoms with Gasteiger partial charge in [0, 0.05) is 29.7 Å². The van der Waals surface area contributed by atoms with E-state index in [0.29, 0.717) is 6.04 Å². The molecular formula is C16H23ClN2O. The first-order valence-electron chi connectivity index (χ1n) is 7.55. The summed E-state index contributed by atoms with van der Waals surface area (Å²) >= 11 is 5.95. The van der Waals surface area contributed by atoms with E-state index in [1.54, 1.807) is 0 Å². The zero-order valence-corrected chi connectivity index (χ0v) is 12.8. The first-order chi connectivity index (χ1) is 9.70. The highest BCUT2D eigenvalue weighted by atomic mass is 35.5. The van der Waals surface area contributed by atoms with Gasteiger partial charge in [-0.15, -0.1) is 0 Å². The quantitative estimate of drug-likeness (QED) is 0.904. The molecule has 0 saturated carbocycles. The molecule has 0 spiro atoms. The molecule has 2 aliphatic heterocycles. The number of fused-ring (bicyclic) bond motifs is 2. The fraction of sp³-hybridized carbons (Fsp3) is 0.625. The second-order valence-corrected chi connectivity index (χ2v) is 6.49. The van der Waals surface area contributed by atoms with Crippen molar-refractivity contribution in [1.82, 2.24) is 10.2 Å². The van der Waals surface area contributed by atoms with Gasteiger partial charge in [0.15, 0.2) is 0 Å². The van der Waals surface area contributed by atoms with Crippen molar-refractivity contribution in [2.24, 2.45) is 0 Å². The van der Waals surface area contributed by atoms with Crippen molar-refractivity contribution in [2.45, 2.75) is 43.8 Å². The Balaban J connectivity index is 1.44. The van der Waals surface area contributed by atoms with Crippen molar-refractivity contribution in [3.63, 3.8) is 0 Å². The lowest BCUT2D eigenvalue weighted by molar-refractivity contribution is 0.147. The Hall–Kier alpha value is -0.770. The molecule has 2 unspecified atom stereocenters. The Morgan fingerprint density at radius 2 is 2.05 bits per heavy atom. The maximum absolute atomic E-state index is 5.95. The third kappa shape index (κ3) is 3.46. The molecule has 2 atom stereocenters. The summed E-state index contributed by atoms with van der Waals surface area (Å²) in [6.45, 7) is 1.69. The Morgan fingerprint density at radius 3 is 2.75 bits per heavy atom. The summed E-state index contributed by atoms with van der Waals surface area (Å²) in [5.41, 5.74) is 0. The van der Waals surface area contributed by atoms with Crippen molar-refractivity contribution >= 4 is 11.6 Å². The van der Waals surface area contributed by atoms with Crippen molar-refractivity contribution in [1.29, 1.82) is 0 Å². The molecule has 20 heavy (non-hydrogen) atoms. The number of nitrogens with one attached hydrogen (secondary N) is 1. The number of nitrogens with zero attached hydrogens (tertiary/aromatic N) is 1. The van der Waals surface area contributed by atoms with Crippen LogP contribution in [0.25, 0.3) is 0 Å². The van der Waals surface area contributed by atoms with Gasteiger partial charge < -0.3 is 10.1 Å². The molecule has 2 saturated heterocycles. The van der Waals surface area contributed by atoms with Crippen molar-refractivity contribution < 1.29 is 4.74 Å². The standard InChI is InChI=1S/C16H23ClN2O/c1-19(15-10-13-5-6-14(11-15)18-13)7-8-20-16-4-2-3-12(17)9-16/h2-4,9,13-15,18H,5-8,10-11H2,1H3. The largest absolute Gasteiger partial charge is 0.492 e. The zero-order valence-electron chi connectivity index (χ0n) is 12.0. The Bertz CT molecular complexity index is 442. The van der Waals surface area contributed by atoms with E-state index in [1.165, 1.54) is 25.7 Å². The van der Waals surface area contributed by atoms with Crippen LogP contribution in [0.5, 0.6) is 5.75 Å². The fourth-order valence-electron chi connectivity index (χ4n) is 3.43. The summed E-state index contributed by atoms with van der Waals surface area (Å²) in [6, 6.07) is 9.81. The van der Waals surface area contributed by atoms with E-state index in [-0.39, 0.29) is 0 Å². The maximum atomic E-state index is 5.95. The molecule has 0 aliphatic carbocycles. The number of piperidine rings is 1. The van der Waals surface area contributed by atoms with Crippen LogP contribution in [0.4, 0.5) is 0 Å². The molecule has 2 fully saturated rings. The summed E-state index contributed by atoms with van der Waals surface area (Å²) in [5, 5.41) is 4.42. The van der Waals surface area contributed by atoms with Gasteiger partial charge in [0.05, 0.1) is 0 Å². The Kier molecular flexibility index (Phi) is 4.49. The monoisotopic (exact) mass is 294 g/mol. The van der Waals surface area contributed by atoms with E-state index in [9.17, 15) is 0 Å². The van der Waals surface area contributed by atoms with Crippen LogP contribution in [0.2, 0.25) is 5.02 Å². The van der Waals surface area contributed by atoms with E-state index in [1.807, 2.05) is 24.3 Å². The van der Waals surface area contributed by atoms with Crippen LogP contribution >= 0.6 is 11.6 Å². The molecule has 2 bridgehead atoms. The van der Waals surface area contributed by atoms with Crippen LogP contribution in [0, 0.1) is 0 Å². The Morgan fingerprint density at radius 1 is 1.30 bits per heavy atom. The van der Waals surface area contributed by atoms with Crippen LogP contribution in [-0.2, 0) is 0 Å². The minimum atomic E-state index is 0.705. The average Bonchev–Trinajstić information content (AvgIpc) is 2.77. The summed E-state index contributed by atoms with van der Waals surface area (Å²) in [6.07, 6.45) is 5.27. The van der Waals surface area contributed by atoms with Crippen LogP contribution in [0.3, 0.4) is 0 Å². The predicted octanol–water partition coefficient (Wildman–Crippen LogP) is 2.93. The Labute approximate surface area is 126 Å². The van der Waals surface area contributed by atoms with Gasteiger partial charge in [0.25, 0.3) is 0 Å². The van der Waals surface area contributed by atoms with E-state index in [4.69, 9.17) is 16.3 Å². The minimum absolute atomic E-state index is 0.705.